The van der Waals surface area contributed by atoms with Crippen LogP contribution in [0.4, 0.5) is 5.00 Å². The van der Waals surface area contributed by atoms with Gasteiger partial charge in [-0.15, -0.1) is 35.3 Å². The average Bonchev–Trinajstić information content (AvgIpc) is 3.42. The van der Waals surface area contributed by atoms with Gasteiger partial charge in [-0.1, -0.05) is 24.3 Å². The van der Waals surface area contributed by atoms with Gasteiger partial charge in [0.2, 0.25) is 0 Å². The van der Waals surface area contributed by atoms with E-state index in [0.29, 0.717) is 0 Å². The maximum atomic E-state index is 4.51. The number of rotatable bonds is 5. The van der Waals surface area contributed by atoms with Crippen LogP contribution in [0, 0.1) is 6.92 Å². The molecule has 1 aliphatic rings. The lowest BCUT2D eigenvalue weighted by Crippen LogP contribution is -2.52. The molecule has 1 aliphatic heterocycles. The highest BCUT2D eigenvalue weighted by Crippen LogP contribution is 2.22. The molecule has 30 heavy (non-hydrogen) atoms. The molecule has 0 atom stereocenters. The number of nitrogens with one attached hydrogen (secondary N) is 1. The summed E-state index contributed by atoms with van der Waals surface area (Å²) in [5.74, 6) is 2.02. The molecule has 0 aliphatic carbocycles. The van der Waals surface area contributed by atoms with Crippen LogP contribution in [-0.4, -0.2) is 53.6 Å². The maximum Gasteiger partial charge on any atom is 0.194 e. The van der Waals surface area contributed by atoms with E-state index in [-0.39, 0.29) is 24.0 Å². The average molecular weight is 536 g/mol. The number of aryl methyl sites for hydroxylation is 1. The van der Waals surface area contributed by atoms with Crippen molar-refractivity contribution >= 4 is 46.3 Å². The van der Waals surface area contributed by atoms with Crippen molar-refractivity contribution in [3.63, 3.8) is 0 Å². The molecule has 0 bridgehead atoms. The largest absolute Gasteiger partial charge is 0.360 e. The molecule has 1 saturated heterocycles. The van der Waals surface area contributed by atoms with Gasteiger partial charge < -0.3 is 19.7 Å². The van der Waals surface area contributed by atoms with Gasteiger partial charge in [-0.2, -0.15) is 0 Å². The number of thiophene rings is 1. The van der Waals surface area contributed by atoms with Crippen molar-refractivity contribution in [1.82, 2.24) is 19.8 Å². The Morgan fingerprint density at radius 3 is 2.60 bits per heavy atom. The molecule has 0 saturated carbocycles. The predicted octanol–water partition coefficient (Wildman–Crippen LogP) is 3.82. The second kappa shape index (κ2) is 10.8. The molecule has 160 valence electrons. The summed E-state index contributed by atoms with van der Waals surface area (Å²) >= 11 is 1.81. The Hall–Kier alpha value is -2.07. The number of benzene rings is 1. The Morgan fingerprint density at radius 1 is 1.13 bits per heavy atom. The Kier molecular flexibility index (Phi) is 8.15. The minimum Gasteiger partial charge on any atom is -0.360 e. The lowest BCUT2D eigenvalue weighted by Gasteiger charge is -2.37. The van der Waals surface area contributed by atoms with Gasteiger partial charge in [0.1, 0.15) is 5.82 Å². The zero-order valence-corrected chi connectivity index (χ0v) is 20.6. The topological polar surface area (TPSA) is 48.7 Å². The fraction of sp³-hybridized carbons (Fsp3) is 0.364. The minimum absolute atomic E-state index is 0. The van der Waals surface area contributed by atoms with E-state index in [4.69, 9.17) is 0 Å². The highest BCUT2D eigenvalue weighted by molar-refractivity contribution is 14.0. The summed E-state index contributed by atoms with van der Waals surface area (Å²) in [7, 11) is 1.87. The van der Waals surface area contributed by atoms with Gasteiger partial charge in [0.15, 0.2) is 5.96 Å². The lowest BCUT2D eigenvalue weighted by molar-refractivity contribution is 0.373. The van der Waals surface area contributed by atoms with Gasteiger partial charge in [-0.3, -0.25) is 4.99 Å². The summed E-state index contributed by atoms with van der Waals surface area (Å²) in [6.45, 7) is 7.68. The quantitative estimate of drug-likeness (QED) is 0.306. The van der Waals surface area contributed by atoms with E-state index in [2.05, 4.69) is 71.4 Å². The first kappa shape index (κ1) is 22.6. The van der Waals surface area contributed by atoms with Crippen molar-refractivity contribution in [2.75, 3.05) is 38.1 Å². The Labute approximate surface area is 199 Å². The molecular weight excluding hydrogens is 507 g/mol. The molecule has 4 rings (SSSR count). The summed E-state index contributed by atoms with van der Waals surface area (Å²) in [5, 5.41) is 7.05. The minimum atomic E-state index is 0. The van der Waals surface area contributed by atoms with Gasteiger partial charge in [0.05, 0.1) is 5.00 Å². The van der Waals surface area contributed by atoms with Crippen LogP contribution in [0.2, 0.25) is 0 Å². The van der Waals surface area contributed by atoms with Crippen molar-refractivity contribution in [2.45, 2.75) is 20.0 Å². The number of aromatic nitrogens is 2. The van der Waals surface area contributed by atoms with Crippen molar-refractivity contribution in [3.05, 3.63) is 71.1 Å². The number of hydrogen-bond donors (Lipinski definition) is 1. The molecule has 3 aromatic rings. The van der Waals surface area contributed by atoms with Crippen molar-refractivity contribution in [2.24, 2.45) is 4.99 Å². The number of nitrogens with zero attached hydrogens (tertiary/aromatic N) is 5. The molecule has 0 spiro atoms. The molecule has 0 amide bonds. The van der Waals surface area contributed by atoms with E-state index in [1.54, 1.807) is 0 Å². The van der Waals surface area contributed by atoms with E-state index in [0.717, 1.165) is 51.1 Å². The highest BCUT2D eigenvalue weighted by Gasteiger charge is 2.20. The Morgan fingerprint density at radius 2 is 1.93 bits per heavy atom. The first-order chi connectivity index (χ1) is 14.2. The van der Waals surface area contributed by atoms with Gasteiger partial charge in [0, 0.05) is 58.7 Å². The SMILES string of the molecule is CN=C(NCc1cccc(Cn2ccnc2C)c1)N1CCN(c2cccs2)CC1.I. The van der Waals surface area contributed by atoms with Crippen LogP contribution in [0.15, 0.2) is 59.2 Å². The standard InChI is InChI=1S/C22H28N6S.HI/c1-18-24-8-9-28(18)17-20-6-3-5-19(15-20)16-25-22(23-2)27-12-10-26(11-13-27)21-7-4-14-29-21;/h3-9,14-15H,10-13,16-17H2,1-2H3,(H,23,25);1H. The summed E-state index contributed by atoms with van der Waals surface area (Å²) in [6.07, 6.45) is 3.88. The molecule has 8 heteroatoms. The van der Waals surface area contributed by atoms with Crippen molar-refractivity contribution in [1.29, 1.82) is 0 Å². The molecule has 1 N–H and O–H groups in total. The zero-order chi connectivity index (χ0) is 20.1. The van der Waals surface area contributed by atoms with Crippen LogP contribution in [0.25, 0.3) is 0 Å². The zero-order valence-electron chi connectivity index (χ0n) is 17.5. The highest BCUT2D eigenvalue weighted by atomic mass is 127. The second-order valence-corrected chi connectivity index (χ2v) is 8.17. The Balaban J connectivity index is 0.00000256. The van der Waals surface area contributed by atoms with Gasteiger partial charge in [-0.05, 0) is 35.6 Å². The predicted molar refractivity (Wildman–Crippen MR) is 136 cm³/mol. The molecule has 3 heterocycles. The fourth-order valence-electron chi connectivity index (χ4n) is 3.71. The molecule has 1 aromatic carbocycles. The summed E-state index contributed by atoms with van der Waals surface area (Å²) in [5.41, 5.74) is 2.54. The third kappa shape index (κ3) is 5.54. The van der Waals surface area contributed by atoms with Crippen LogP contribution in [0.3, 0.4) is 0 Å². The van der Waals surface area contributed by atoms with E-state index in [9.17, 15) is 0 Å². The first-order valence-electron chi connectivity index (χ1n) is 10.0. The molecule has 0 radical (unpaired) electrons. The summed E-state index contributed by atoms with van der Waals surface area (Å²) in [4.78, 5) is 13.6. The van der Waals surface area contributed by atoms with Crippen molar-refractivity contribution in [3.8, 4) is 0 Å². The van der Waals surface area contributed by atoms with Crippen LogP contribution >= 0.6 is 35.3 Å². The molecule has 2 aromatic heterocycles. The number of hydrogen-bond acceptors (Lipinski definition) is 4. The number of aliphatic imine (C=N–C) groups is 1. The molecule has 1 fully saturated rings. The summed E-state index contributed by atoms with van der Waals surface area (Å²) in [6, 6.07) is 13.0. The number of halogens is 1. The first-order valence-corrected chi connectivity index (χ1v) is 10.9. The number of imidazole rings is 1. The third-order valence-corrected chi connectivity index (χ3v) is 6.26. The normalized spacial score (nSPS) is 14.5. The van der Waals surface area contributed by atoms with Gasteiger partial charge >= 0.3 is 0 Å². The molecule has 6 nitrogen and oxygen atoms in total. The van der Waals surface area contributed by atoms with Crippen LogP contribution in [0.1, 0.15) is 17.0 Å². The Bertz CT molecular complexity index is 944. The van der Waals surface area contributed by atoms with Crippen LogP contribution < -0.4 is 10.2 Å². The number of guanidine groups is 1. The molecule has 0 unspecified atom stereocenters. The van der Waals surface area contributed by atoms with Gasteiger partial charge in [0.25, 0.3) is 0 Å². The van der Waals surface area contributed by atoms with Crippen LogP contribution in [0.5, 0.6) is 0 Å². The van der Waals surface area contributed by atoms with E-state index < -0.39 is 0 Å². The maximum absolute atomic E-state index is 4.51. The fourth-order valence-corrected chi connectivity index (χ4v) is 4.49. The third-order valence-electron chi connectivity index (χ3n) is 5.33. The van der Waals surface area contributed by atoms with E-state index in [1.807, 2.05) is 37.7 Å². The molecular formula is C22H29IN6S. The number of anilines is 1. The smallest absolute Gasteiger partial charge is 0.194 e. The second-order valence-electron chi connectivity index (χ2n) is 7.25. The van der Waals surface area contributed by atoms with Crippen molar-refractivity contribution < 1.29 is 0 Å². The van der Waals surface area contributed by atoms with Gasteiger partial charge in [-0.25, -0.2) is 4.98 Å². The van der Waals surface area contributed by atoms with Crippen LogP contribution in [-0.2, 0) is 13.1 Å². The summed E-state index contributed by atoms with van der Waals surface area (Å²) < 4.78 is 2.17. The monoisotopic (exact) mass is 536 g/mol. The van der Waals surface area contributed by atoms with E-state index in [1.165, 1.54) is 16.1 Å². The number of piperazine rings is 1. The lowest BCUT2D eigenvalue weighted by atomic mass is 10.1. The van der Waals surface area contributed by atoms with E-state index >= 15 is 0 Å².